The van der Waals surface area contributed by atoms with Gasteiger partial charge >= 0.3 is 0 Å². The predicted molar refractivity (Wildman–Crippen MR) is 83.6 cm³/mol. The van der Waals surface area contributed by atoms with Crippen molar-refractivity contribution in [2.45, 2.75) is 27.2 Å². The Morgan fingerprint density at radius 1 is 1.33 bits per heavy atom. The van der Waals surface area contributed by atoms with Crippen LogP contribution in [-0.2, 0) is 4.74 Å². The van der Waals surface area contributed by atoms with Gasteiger partial charge in [-0.1, -0.05) is 32.0 Å². The highest BCUT2D eigenvalue weighted by molar-refractivity contribution is 5.98. The van der Waals surface area contributed by atoms with E-state index >= 15 is 0 Å². The highest BCUT2D eigenvalue weighted by Crippen LogP contribution is 2.24. The van der Waals surface area contributed by atoms with Crippen molar-refractivity contribution in [1.82, 2.24) is 5.32 Å². The monoisotopic (exact) mass is 289 g/mol. The van der Waals surface area contributed by atoms with E-state index in [-0.39, 0.29) is 5.91 Å². The van der Waals surface area contributed by atoms with Crippen LogP contribution in [0.1, 0.15) is 36.4 Å². The summed E-state index contributed by atoms with van der Waals surface area (Å²) in [5.74, 6) is 0.782. The lowest BCUT2D eigenvalue weighted by molar-refractivity contribution is 0.0901. The van der Waals surface area contributed by atoms with Gasteiger partial charge in [-0.25, -0.2) is 0 Å². The van der Waals surface area contributed by atoms with Crippen molar-refractivity contribution in [2.75, 3.05) is 19.8 Å². The van der Waals surface area contributed by atoms with Gasteiger partial charge in [0.1, 0.15) is 5.58 Å². The van der Waals surface area contributed by atoms with Gasteiger partial charge in [-0.15, -0.1) is 0 Å². The Bertz CT molecular complexity index is 601. The highest BCUT2D eigenvalue weighted by Gasteiger charge is 2.16. The molecule has 0 radical (unpaired) electrons. The number of carbonyl (C=O) groups excluding carboxylic acids is 1. The van der Waals surface area contributed by atoms with E-state index in [9.17, 15) is 4.79 Å². The first-order chi connectivity index (χ1) is 10.1. The Balaban J connectivity index is 1.84. The van der Waals surface area contributed by atoms with E-state index in [1.54, 1.807) is 0 Å². The first-order valence-corrected chi connectivity index (χ1v) is 7.43. The molecule has 0 fully saturated rings. The van der Waals surface area contributed by atoms with E-state index in [4.69, 9.17) is 9.15 Å². The van der Waals surface area contributed by atoms with Crippen LogP contribution in [0.5, 0.6) is 0 Å². The summed E-state index contributed by atoms with van der Waals surface area (Å²) in [5.41, 5.74) is 1.64. The molecule has 1 heterocycles. The molecule has 0 spiro atoms. The van der Waals surface area contributed by atoms with Gasteiger partial charge in [-0.05, 0) is 25.3 Å². The molecule has 1 aromatic heterocycles. The van der Waals surface area contributed by atoms with Crippen molar-refractivity contribution in [1.29, 1.82) is 0 Å². The average Bonchev–Trinajstić information content (AvgIpc) is 2.80. The number of furan rings is 1. The predicted octanol–water partition coefficient (Wildman–Crippen LogP) is 3.53. The summed E-state index contributed by atoms with van der Waals surface area (Å²) < 4.78 is 11.1. The Hall–Kier alpha value is -1.81. The van der Waals surface area contributed by atoms with Crippen LogP contribution in [0.25, 0.3) is 11.0 Å². The summed E-state index contributed by atoms with van der Waals surface area (Å²) in [5, 5.41) is 3.86. The molecule has 0 unspecified atom stereocenters. The molecule has 4 heteroatoms. The second-order valence-corrected chi connectivity index (χ2v) is 5.63. The van der Waals surface area contributed by atoms with Gasteiger partial charge in [0.05, 0.1) is 0 Å². The summed E-state index contributed by atoms with van der Waals surface area (Å²) in [6.07, 6.45) is 0.803. The number of fused-ring (bicyclic) bond motifs is 1. The number of hydrogen-bond donors (Lipinski definition) is 1. The third-order valence-corrected chi connectivity index (χ3v) is 3.25. The topological polar surface area (TPSA) is 51.5 Å². The number of carbonyl (C=O) groups is 1. The first-order valence-electron chi connectivity index (χ1n) is 7.43. The number of aryl methyl sites for hydroxylation is 1. The maximum absolute atomic E-state index is 12.1. The lowest BCUT2D eigenvalue weighted by Crippen LogP contribution is -2.25. The molecular weight excluding hydrogens is 266 g/mol. The molecule has 0 saturated heterocycles. The van der Waals surface area contributed by atoms with Crippen molar-refractivity contribution >= 4 is 16.9 Å². The van der Waals surface area contributed by atoms with E-state index in [1.165, 1.54) is 0 Å². The van der Waals surface area contributed by atoms with Gasteiger partial charge in [0.2, 0.25) is 0 Å². The van der Waals surface area contributed by atoms with Crippen LogP contribution in [0.15, 0.2) is 28.7 Å². The Morgan fingerprint density at radius 2 is 2.10 bits per heavy atom. The van der Waals surface area contributed by atoms with Crippen LogP contribution in [0, 0.1) is 12.8 Å². The maximum Gasteiger partial charge on any atom is 0.287 e. The molecular formula is C17H23NO3. The summed E-state index contributed by atoms with van der Waals surface area (Å²) in [7, 11) is 0. The largest absolute Gasteiger partial charge is 0.451 e. The molecule has 2 rings (SSSR count). The molecule has 0 saturated carbocycles. The highest BCUT2D eigenvalue weighted by atomic mass is 16.5. The van der Waals surface area contributed by atoms with E-state index in [0.29, 0.717) is 24.8 Å². The smallest absolute Gasteiger partial charge is 0.287 e. The minimum atomic E-state index is -0.160. The van der Waals surface area contributed by atoms with Crippen LogP contribution in [0.3, 0.4) is 0 Å². The van der Waals surface area contributed by atoms with Crippen LogP contribution in [0.4, 0.5) is 0 Å². The second kappa shape index (κ2) is 7.27. The molecule has 114 valence electrons. The van der Waals surface area contributed by atoms with E-state index in [1.807, 2.05) is 31.2 Å². The van der Waals surface area contributed by atoms with Gasteiger partial charge in [0, 0.05) is 30.7 Å². The average molecular weight is 289 g/mol. The minimum Gasteiger partial charge on any atom is -0.451 e. The molecule has 0 aliphatic heterocycles. The fourth-order valence-corrected chi connectivity index (χ4v) is 2.17. The Kier molecular flexibility index (Phi) is 5.39. The second-order valence-electron chi connectivity index (χ2n) is 5.63. The van der Waals surface area contributed by atoms with Crippen molar-refractivity contribution < 1.29 is 13.9 Å². The van der Waals surface area contributed by atoms with Crippen LogP contribution < -0.4 is 5.32 Å². The molecule has 0 aliphatic carbocycles. The third-order valence-electron chi connectivity index (χ3n) is 3.25. The number of hydrogen-bond acceptors (Lipinski definition) is 3. The summed E-state index contributed by atoms with van der Waals surface area (Å²) in [6, 6.07) is 7.68. The number of benzene rings is 1. The van der Waals surface area contributed by atoms with Crippen molar-refractivity contribution in [2.24, 2.45) is 5.92 Å². The fourth-order valence-electron chi connectivity index (χ4n) is 2.17. The summed E-state index contributed by atoms with van der Waals surface area (Å²) >= 11 is 0. The zero-order valence-electron chi connectivity index (χ0n) is 12.9. The lowest BCUT2D eigenvalue weighted by atomic mass is 10.1. The van der Waals surface area contributed by atoms with Gasteiger partial charge < -0.3 is 14.5 Å². The zero-order chi connectivity index (χ0) is 15.2. The van der Waals surface area contributed by atoms with E-state index < -0.39 is 0 Å². The molecule has 0 aliphatic rings. The van der Waals surface area contributed by atoms with Gasteiger partial charge in [0.15, 0.2) is 5.76 Å². The van der Waals surface area contributed by atoms with E-state index in [0.717, 1.165) is 29.6 Å². The Labute approximate surface area is 125 Å². The third kappa shape index (κ3) is 4.08. The number of ether oxygens (including phenoxy) is 1. The number of para-hydroxylation sites is 1. The quantitative estimate of drug-likeness (QED) is 0.793. The molecule has 0 atom stereocenters. The van der Waals surface area contributed by atoms with Crippen molar-refractivity contribution in [3.05, 3.63) is 35.6 Å². The zero-order valence-corrected chi connectivity index (χ0v) is 12.9. The van der Waals surface area contributed by atoms with Crippen molar-refractivity contribution in [3.63, 3.8) is 0 Å². The van der Waals surface area contributed by atoms with Gasteiger partial charge in [-0.3, -0.25) is 4.79 Å². The standard InChI is InChI=1S/C17H23NO3/c1-12(2)11-20-10-6-9-18-17(19)16-13(3)14-7-4-5-8-15(14)21-16/h4-5,7-8,12H,6,9-11H2,1-3H3,(H,18,19). The molecule has 1 amide bonds. The van der Waals surface area contributed by atoms with E-state index in [2.05, 4.69) is 19.2 Å². The number of amides is 1. The summed E-state index contributed by atoms with van der Waals surface area (Å²) in [4.78, 5) is 12.1. The Morgan fingerprint density at radius 3 is 2.81 bits per heavy atom. The molecule has 2 aromatic rings. The van der Waals surface area contributed by atoms with Gasteiger partial charge in [0.25, 0.3) is 5.91 Å². The fraction of sp³-hybridized carbons (Fsp3) is 0.471. The maximum atomic E-state index is 12.1. The molecule has 1 aromatic carbocycles. The molecule has 4 nitrogen and oxygen atoms in total. The molecule has 1 N–H and O–H groups in total. The molecule has 0 bridgehead atoms. The molecule has 21 heavy (non-hydrogen) atoms. The minimum absolute atomic E-state index is 0.160. The number of nitrogens with one attached hydrogen (secondary N) is 1. The van der Waals surface area contributed by atoms with Crippen LogP contribution in [-0.4, -0.2) is 25.7 Å². The SMILES string of the molecule is Cc1c(C(=O)NCCCOCC(C)C)oc2ccccc12. The van der Waals surface area contributed by atoms with Crippen LogP contribution in [0.2, 0.25) is 0 Å². The number of rotatable bonds is 7. The van der Waals surface area contributed by atoms with Gasteiger partial charge in [-0.2, -0.15) is 0 Å². The normalized spacial score (nSPS) is 11.2. The summed E-state index contributed by atoms with van der Waals surface area (Å²) in [6.45, 7) is 8.16. The first kappa shape index (κ1) is 15.6. The van der Waals surface area contributed by atoms with Crippen molar-refractivity contribution in [3.8, 4) is 0 Å². The van der Waals surface area contributed by atoms with Crippen LogP contribution >= 0.6 is 0 Å². The lowest BCUT2D eigenvalue weighted by Gasteiger charge is -2.07.